The third kappa shape index (κ3) is 119. The number of hydrogen-bond acceptors (Lipinski definition) is 0. The fourth-order valence-corrected chi connectivity index (χ4v) is 0. The molecule has 0 rings (SSSR count). The molecule has 0 aliphatic heterocycles. The first-order valence-electron chi connectivity index (χ1n) is 0. The molecule has 0 atom stereocenters. The molecule has 0 radical (unpaired) electrons. The van der Waals surface area contributed by atoms with Crippen molar-refractivity contribution in [3.8, 4) is 0 Å². The van der Waals surface area contributed by atoms with Crippen LogP contribution in [0, 0.1) is 0 Å². The Morgan fingerprint density at radius 2 is 0.0625 bits per heavy atom. The van der Waals surface area contributed by atoms with Crippen molar-refractivity contribution in [3.63, 3.8) is 0 Å². The zero-order valence-corrected chi connectivity index (χ0v) is 53.5. The smallest absolute Gasteiger partial charge is 0 e. The average molecular weight is 2940 g/mol. The van der Waals surface area contributed by atoms with Crippen LogP contribution in [0.15, 0.2) is 0 Å². The zero-order valence-electron chi connectivity index (χ0n) is 6.53. The van der Waals surface area contributed by atoms with Gasteiger partial charge in [0.15, 0.2) is 0 Å². The molecule has 0 fully saturated rings. The van der Waals surface area contributed by atoms with Gasteiger partial charge in [-0.3, -0.25) is 0 Å². The van der Waals surface area contributed by atoms with E-state index in [0.29, 0.717) is 0 Å². The van der Waals surface area contributed by atoms with Crippen molar-refractivity contribution in [3.05, 3.63) is 0 Å². The third-order valence-corrected chi connectivity index (χ3v) is 0. The second-order valence-electron chi connectivity index (χ2n) is 0. The van der Waals surface area contributed by atoms with Gasteiger partial charge in [-0.1, -0.05) is 0 Å². The fourth-order valence-electron chi connectivity index (χ4n) is 0. The number of hydrogen-bond donors (Lipinski definition) is 0. The van der Waals surface area contributed by atoms with Crippen molar-refractivity contribution < 1.29 is 337 Å². The van der Waals surface area contributed by atoms with Crippen LogP contribution in [-0.4, -0.2) is 0 Å². The molecule has 16 heavy (non-hydrogen) atoms. The maximum absolute atomic E-state index is 0. The van der Waals surface area contributed by atoms with E-state index in [1.54, 1.807) is 0 Å². The summed E-state index contributed by atoms with van der Waals surface area (Å²) in [7, 11) is 0. The van der Waals surface area contributed by atoms with Gasteiger partial charge in [-0.25, -0.2) is 0 Å². The van der Waals surface area contributed by atoms with E-state index < -0.39 is 0 Å². The molecule has 0 aromatic heterocycles. The molecule has 16 heteroatoms. The molecule has 0 bridgehead atoms. The van der Waals surface area contributed by atoms with E-state index in [1.807, 2.05) is 0 Å². The van der Waals surface area contributed by atoms with Crippen LogP contribution in [0.3, 0.4) is 0 Å². The molecular formula is W16. The van der Waals surface area contributed by atoms with Gasteiger partial charge in [-0.05, 0) is 0 Å². The summed E-state index contributed by atoms with van der Waals surface area (Å²) in [6.07, 6.45) is 0. The zero-order chi connectivity index (χ0) is 0. The monoisotopic (exact) mass is 2940 g/mol. The summed E-state index contributed by atoms with van der Waals surface area (Å²) in [5.74, 6) is 0. The fraction of sp³-hybridized carbons (Fsp3) is 0. The van der Waals surface area contributed by atoms with E-state index in [2.05, 4.69) is 0 Å². The average Bonchev–Trinajstić information content (AvgIpc) is 0. The molecule has 0 nitrogen and oxygen atoms in total. The van der Waals surface area contributed by atoms with Crippen LogP contribution in [0.2, 0.25) is 0 Å². The molecule has 0 aromatic carbocycles. The van der Waals surface area contributed by atoms with Gasteiger partial charge in [-0.2, -0.15) is 0 Å². The standard InChI is InChI=1S/16W. The Hall–Kier alpha value is 11.0. The SMILES string of the molecule is [W].[W].[W].[W].[W].[W].[W].[W].[W].[W].[W].[W].[W].[W].[W].[W]. The van der Waals surface area contributed by atoms with E-state index in [-0.39, 0.29) is 337 Å². The first-order chi connectivity index (χ1) is 0. The summed E-state index contributed by atoms with van der Waals surface area (Å²) in [6.45, 7) is 0. The van der Waals surface area contributed by atoms with Crippen LogP contribution in [0.25, 0.3) is 0 Å². The van der Waals surface area contributed by atoms with Gasteiger partial charge < -0.3 is 0 Å². The van der Waals surface area contributed by atoms with Gasteiger partial charge >= 0.3 is 0 Å². The van der Waals surface area contributed by atoms with Crippen molar-refractivity contribution in [2.24, 2.45) is 0 Å². The Labute approximate surface area is 328 Å². The van der Waals surface area contributed by atoms with E-state index >= 15 is 0 Å². The molecule has 0 heterocycles. The van der Waals surface area contributed by atoms with Crippen molar-refractivity contribution >= 4 is 0 Å². The quantitative estimate of drug-likeness (QED) is 0.320. The van der Waals surface area contributed by atoms with Crippen LogP contribution in [0.1, 0.15) is 0 Å². The minimum Gasteiger partial charge on any atom is 0 e. The molecule has 96 valence electrons. The van der Waals surface area contributed by atoms with Gasteiger partial charge in [0.05, 0.1) is 0 Å². The van der Waals surface area contributed by atoms with Crippen LogP contribution in [0.4, 0.5) is 0 Å². The first kappa shape index (κ1) is 151. The maximum Gasteiger partial charge on any atom is 0 e. The van der Waals surface area contributed by atoms with Gasteiger partial charge in [0, 0.05) is 337 Å². The van der Waals surface area contributed by atoms with Gasteiger partial charge in [0.25, 0.3) is 0 Å². The van der Waals surface area contributed by atoms with Crippen molar-refractivity contribution in [2.75, 3.05) is 0 Å². The summed E-state index contributed by atoms with van der Waals surface area (Å²) in [4.78, 5) is 0. The normalized spacial score (nSPS) is 0. The Balaban J connectivity index is 0. The van der Waals surface area contributed by atoms with Gasteiger partial charge in [-0.15, -0.1) is 0 Å². The topological polar surface area (TPSA) is 0 Å². The van der Waals surface area contributed by atoms with Gasteiger partial charge in [0.2, 0.25) is 0 Å². The summed E-state index contributed by atoms with van der Waals surface area (Å²) >= 11 is 0. The minimum atomic E-state index is 0. The summed E-state index contributed by atoms with van der Waals surface area (Å²) in [5, 5.41) is 0. The molecule has 0 unspecified atom stereocenters. The predicted octanol–water partition coefficient (Wildman–Crippen LogP) is -0.0400. The van der Waals surface area contributed by atoms with Crippen molar-refractivity contribution in [1.29, 1.82) is 0 Å². The van der Waals surface area contributed by atoms with E-state index in [4.69, 9.17) is 0 Å². The molecule has 0 spiro atoms. The second-order valence-corrected chi connectivity index (χ2v) is 0. The minimum absolute atomic E-state index is 0. The van der Waals surface area contributed by atoms with Crippen molar-refractivity contribution in [1.82, 2.24) is 0 Å². The van der Waals surface area contributed by atoms with Gasteiger partial charge in [0.1, 0.15) is 0 Å². The van der Waals surface area contributed by atoms with Crippen LogP contribution in [0.5, 0.6) is 0 Å². The van der Waals surface area contributed by atoms with Crippen LogP contribution < -0.4 is 0 Å². The first-order valence-corrected chi connectivity index (χ1v) is 0. The Bertz CT molecular complexity index is 0. The van der Waals surface area contributed by atoms with E-state index in [1.165, 1.54) is 0 Å². The number of rotatable bonds is 0. The molecule has 0 aliphatic carbocycles. The molecule has 0 aromatic rings. The van der Waals surface area contributed by atoms with Crippen molar-refractivity contribution in [2.45, 2.75) is 0 Å². The molecule has 0 saturated carbocycles. The molecule has 0 amide bonds. The molecule has 0 N–H and O–H groups in total. The largest absolute Gasteiger partial charge is 0 e. The summed E-state index contributed by atoms with van der Waals surface area (Å²) in [6, 6.07) is 0. The summed E-state index contributed by atoms with van der Waals surface area (Å²) < 4.78 is 0. The second kappa shape index (κ2) is 134. The van der Waals surface area contributed by atoms with E-state index in [0.717, 1.165) is 0 Å². The third-order valence-electron chi connectivity index (χ3n) is 0. The van der Waals surface area contributed by atoms with Crippen LogP contribution >= 0.6 is 0 Å². The molecule has 0 saturated heterocycles. The summed E-state index contributed by atoms with van der Waals surface area (Å²) in [5.41, 5.74) is 0. The molecular weight excluding hydrogens is 2940 g/mol. The predicted molar refractivity (Wildman–Crippen MR) is 0 cm³/mol. The van der Waals surface area contributed by atoms with E-state index in [9.17, 15) is 0 Å². The Morgan fingerprint density at radius 3 is 0.0625 bits per heavy atom. The molecule has 0 aliphatic rings. The Kier molecular flexibility index (Phi) is 1260. The maximum atomic E-state index is 0. The van der Waals surface area contributed by atoms with Crippen LogP contribution in [-0.2, 0) is 337 Å². The Morgan fingerprint density at radius 1 is 0.0625 bits per heavy atom.